The minimum absolute atomic E-state index is 0.0381. The number of alkyl carbamates (subject to hydrolysis) is 1. The number of nitrogens with one attached hydrogen (secondary N) is 2. The lowest BCUT2D eigenvalue weighted by atomic mass is 9.97. The second-order valence-electron chi connectivity index (χ2n) is 12.2. The van der Waals surface area contributed by atoms with Gasteiger partial charge in [-0.15, -0.1) is 0 Å². The highest BCUT2D eigenvalue weighted by Crippen LogP contribution is 2.28. The maximum Gasteiger partial charge on any atom is 0.408 e. The Hall–Kier alpha value is -4.40. The molecule has 0 aliphatic carbocycles. The van der Waals surface area contributed by atoms with Gasteiger partial charge in [-0.1, -0.05) is 68.3 Å². The maximum atomic E-state index is 14.4. The van der Waals surface area contributed by atoms with Gasteiger partial charge in [0.05, 0.1) is 0 Å². The van der Waals surface area contributed by atoms with E-state index in [-0.39, 0.29) is 25.3 Å². The molecule has 3 aromatic rings. The third kappa shape index (κ3) is 9.82. The number of primary amides is 1. The molecule has 9 heteroatoms. The van der Waals surface area contributed by atoms with Gasteiger partial charge in [-0.25, -0.2) is 4.79 Å². The summed E-state index contributed by atoms with van der Waals surface area (Å²) in [5, 5.41) is 7.69. The summed E-state index contributed by atoms with van der Waals surface area (Å²) in [6.45, 7) is 11.4. The van der Waals surface area contributed by atoms with Crippen LogP contribution >= 0.6 is 0 Å². The van der Waals surface area contributed by atoms with Gasteiger partial charge in [0.15, 0.2) is 0 Å². The number of hydrogen-bond acceptors (Lipinski definition) is 5. The highest BCUT2D eigenvalue weighted by Gasteiger charge is 2.36. The fraction of sp³-hybridized carbons (Fsp3) is 0.429. The average molecular weight is 603 g/mol. The van der Waals surface area contributed by atoms with Gasteiger partial charge in [0, 0.05) is 18.7 Å². The van der Waals surface area contributed by atoms with E-state index in [0.717, 1.165) is 34.7 Å². The van der Waals surface area contributed by atoms with Crippen molar-refractivity contribution >= 4 is 40.3 Å². The number of nitrogens with zero attached hydrogens (tertiary/aromatic N) is 1. The molecular formula is C35H46N4O5. The molecule has 2 atom stereocenters. The largest absolute Gasteiger partial charge is 0.444 e. The molecule has 0 aromatic heterocycles. The molecule has 0 aliphatic heterocycles. The fourth-order valence-electron chi connectivity index (χ4n) is 4.98. The molecule has 9 nitrogen and oxygen atoms in total. The molecular weight excluding hydrogens is 556 g/mol. The Morgan fingerprint density at radius 3 is 2.25 bits per heavy atom. The first-order chi connectivity index (χ1) is 20.8. The van der Waals surface area contributed by atoms with Crippen molar-refractivity contribution in [2.24, 2.45) is 5.73 Å². The van der Waals surface area contributed by atoms with Crippen molar-refractivity contribution in [3.05, 3.63) is 77.4 Å². The van der Waals surface area contributed by atoms with Crippen molar-refractivity contribution in [1.29, 1.82) is 0 Å². The number of hydrogen-bond donors (Lipinski definition) is 3. The lowest BCUT2D eigenvalue weighted by Crippen LogP contribution is -2.52. The first kappa shape index (κ1) is 34.1. The first-order valence-electron chi connectivity index (χ1n) is 15.2. The van der Waals surface area contributed by atoms with Crippen LogP contribution in [0, 0.1) is 13.8 Å². The highest BCUT2D eigenvalue weighted by molar-refractivity contribution is 6.00. The molecule has 0 saturated carbocycles. The van der Waals surface area contributed by atoms with E-state index in [0.29, 0.717) is 17.7 Å². The third-order valence-electron chi connectivity index (χ3n) is 7.38. The van der Waals surface area contributed by atoms with E-state index in [1.807, 2.05) is 74.5 Å². The standard InChI is InChI=1S/C35H46N4O5/c1-7-8-11-20-39(33(42)29(18-19-30(36)40)38-34(43)44-35(4,5)6)31(27-15-14-23(2)24(3)21-27)32(41)37-28-17-16-25-12-9-10-13-26(25)22-28/h9-10,12-17,21-22,29,31H,7-8,11,18-20H2,1-6H3,(H2,36,40)(H,37,41)(H,38,43). The number of nitrogens with two attached hydrogens (primary N) is 1. The SMILES string of the molecule is CCCCCN(C(=O)C(CCC(N)=O)NC(=O)OC(C)(C)C)C(C(=O)Nc1ccc2ccccc2c1)c1ccc(C)c(C)c1. The van der Waals surface area contributed by atoms with Crippen molar-refractivity contribution in [2.45, 2.75) is 91.3 Å². The van der Waals surface area contributed by atoms with Crippen LogP contribution in [0.2, 0.25) is 0 Å². The molecule has 4 N–H and O–H groups in total. The van der Waals surface area contributed by atoms with Crippen LogP contribution in [-0.4, -0.2) is 46.9 Å². The molecule has 236 valence electrons. The van der Waals surface area contributed by atoms with E-state index in [1.54, 1.807) is 20.8 Å². The molecule has 4 amide bonds. The number of anilines is 1. The minimum atomic E-state index is -1.14. The summed E-state index contributed by atoms with van der Waals surface area (Å²) in [6, 6.07) is 17.1. The number of rotatable bonds is 13. The Labute approximate surface area is 260 Å². The second kappa shape index (κ2) is 15.4. The predicted octanol–water partition coefficient (Wildman–Crippen LogP) is 6.31. The zero-order chi connectivity index (χ0) is 32.4. The van der Waals surface area contributed by atoms with Gasteiger partial charge in [0.2, 0.25) is 11.8 Å². The zero-order valence-corrected chi connectivity index (χ0v) is 26.7. The van der Waals surface area contributed by atoms with Crippen LogP contribution in [-0.2, 0) is 19.1 Å². The Balaban J connectivity index is 2.06. The summed E-state index contributed by atoms with van der Waals surface area (Å²) in [4.78, 5) is 54.7. The lowest BCUT2D eigenvalue weighted by Gasteiger charge is -2.35. The van der Waals surface area contributed by atoms with Crippen molar-refractivity contribution in [2.75, 3.05) is 11.9 Å². The number of aryl methyl sites for hydroxylation is 2. The van der Waals surface area contributed by atoms with Crippen molar-refractivity contribution in [1.82, 2.24) is 10.2 Å². The predicted molar refractivity (Wildman–Crippen MR) is 174 cm³/mol. The molecule has 0 saturated heterocycles. The summed E-state index contributed by atoms with van der Waals surface area (Å²) < 4.78 is 5.42. The van der Waals surface area contributed by atoms with E-state index >= 15 is 0 Å². The molecule has 3 aromatic carbocycles. The third-order valence-corrected chi connectivity index (χ3v) is 7.38. The van der Waals surface area contributed by atoms with Crippen molar-refractivity contribution in [3.8, 4) is 0 Å². The van der Waals surface area contributed by atoms with Gasteiger partial charge in [0.1, 0.15) is 17.7 Å². The quantitative estimate of drug-likeness (QED) is 0.197. The molecule has 0 bridgehead atoms. The monoisotopic (exact) mass is 602 g/mol. The fourth-order valence-corrected chi connectivity index (χ4v) is 4.98. The van der Waals surface area contributed by atoms with E-state index in [2.05, 4.69) is 17.6 Å². The van der Waals surface area contributed by atoms with Crippen LogP contribution < -0.4 is 16.4 Å². The smallest absolute Gasteiger partial charge is 0.408 e. The number of carbonyl (C=O) groups is 4. The Morgan fingerprint density at radius 2 is 1.61 bits per heavy atom. The van der Waals surface area contributed by atoms with E-state index in [1.165, 1.54) is 4.90 Å². The molecule has 0 aliphatic rings. The summed E-state index contributed by atoms with van der Waals surface area (Å²) in [5.41, 5.74) is 7.90. The summed E-state index contributed by atoms with van der Waals surface area (Å²) >= 11 is 0. The van der Waals surface area contributed by atoms with Crippen LogP contribution in [0.25, 0.3) is 10.8 Å². The minimum Gasteiger partial charge on any atom is -0.444 e. The van der Waals surface area contributed by atoms with Gasteiger partial charge in [-0.2, -0.15) is 0 Å². The van der Waals surface area contributed by atoms with Gasteiger partial charge in [-0.05, 0) is 87.1 Å². The number of benzene rings is 3. The molecule has 0 radical (unpaired) electrons. The second-order valence-corrected chi connectivity index (χ2v) is 12.2. The van der Waals surface area contributed by atoms with E-state index in [9.17, 15) is 19.2 Å². The van der Waals surface area contributed by atoms with Crippen LogP contribution in [0.5, 0.6) is 0 Å². The summed E-state index contributed by atoms with van der Waals surface area (Å²) in [7, 11) is 0. The molecule has 0 heterocycles. The molecule has 0 spiro atoms. The van der Waals surface area contributed by atoms with E-state index in [4.69, 9.17) is 10.5 Å². The van der Waals surface area contributed by atoms with Gasteiger partial charge in [-0.3, -0.25) is 14.4 Å². The molecule has 44 heavy (non-hydrogen) atoms. The lowest BCUT2D eigenvalue weighted by molar-refractivity contribution is -0.141. The Bertz CT molecular complexity index is 1480. The summed E-state index contributed by atoms with van der Waals surface area (Å²) in [6.07, 6.45) is 1.41. The molecule has 3 rings (SSSR count). The van der Waals surface area contributed by atoms with Gasteiger partial charge < -0.3 is 26.0 Å². The maximum absolute atomic E-state index is 14.4. The van der Waals surface area contributed by atoms with E-state index < -0.39 is 35.6 Å². The average Bonchev–Trinajstić information content (AvgIpc) is 2.95. The molecule has 2 unspecified atom stereocenters. The number of unbranched alkanes of at least 4 members (excludes halogenated alkanes) is 2. The van der Waals surface area contributed by atoms with Gasteiger partial charge in [0.25, 0.3) is 5.91 Å². The Morgan fingerprint density at radius 1 is 0.909 bits per heavy atom. The Kier molecular flexibility index (Phi) is 11.9. The first-order valence-corrected chi connectivity index (χ1v) is 15.2. The topological polar surface area (TPSA) is 131 Å². The van der Waals surface area contributed by atoms with Gasteiger partial charge >= 0.3 is 6.09 Å². The van der Waals surface area contributed by atoms with Crippen molar-refractivity contribution in [3.63, 3.8) is 0 Å². The summed E-state index contributed by atoms with van der Waals surface area (Å²) in [5.74, 6) is -1.49. The van der Waals surface area contributed by atoms with Crippen LogP contribution in [0.3, 0.4) is 0 Å². The normalized spacial score (nSPS) is 12.7. The van der Waals surface area contributed by atoms with Crippen LogP contribution in [0.4, 0.5) is 10.5 Å². The number of amides is 4. The zero-order valence-electron chi connectivity index (χ0n) is 26.7. The van der Waals surface area contributed by atoms with Crippen molar-refractivity contribution < 1.29 is 23.9 Å². The number of ether oxygens (including phenoxy) is 1. The number of carbonyl (C=O) groups excluding carboxylic acids is 4. The molecule has 0 fully saturated rings. The van der Waals surface area contributed by atoms with Crippen LogP contribution in [0.15, 0.2) is 60.7 Å². The van der Waals surface area contributed by atoms with Crippen LogP contribution in [0.1, 0.15) is 82.5 Å². The highest BCUT2D eigenvalue weighted by atomic mass is 16.6. The number of fused-ring (bicyclic) bond motifs is 1.